The number of ether oxygens (including phenoxy) is 1. The number of nitrogens with zero attached hydrogens (tertiary/aromatic N) is 3. The molecule has 0 aliphatic carbocycles. The number of benzene rings is 1. The average molecular weight is 357 g/mol. The molecule has 1 atom stereocenters. The van der Waals surface area contributed by atoms with Crippen molar-refractivity contribution in [1.29, 1.82) is 0 Å². The molecule has 1 saturated heterocycles. The highest BCUT2D eigenvalue weighted by molar-refractivity contribution is 5.79. The van der Waals surface area contributed by atoms with Crippen LogP contribution in [0.5, 0.6) is 0 Å². The number of amides is 1. The van der Waals surface area contributed by atoms with Gasteiger partial charge in [-0.2, -0.15) is 0 Å². The maximum atomic E-state index is 11.9. The zero-order valence-electron chi connectivity index (χ0n) is 15.7. The summed E-state index contributed by atoms with van der Waals surface area (Å²) in [6, 6.07) is 7.72. The first-order chi connectivity index (χ1) is 12.3. The van der Waals surface area contributed by atoms with Crippen LogP contribution in [0, 0.1) is 5.92 Å². The molecular weight excluding hydrogens is 330 g/mol. The normalized spacial score (nSPS) is 18.0. The van der Waals surface area contributed by atoms with Gasteiger partial charge in [-0.15, -0.1) is 0 Å². The molecule has 1 aliphatic rings. The van der Waals surface area contributed by atoms with Crippen molar-refractivity contribution in [1.82, 2.24) is 15.3 Å². The fourth-order valence-electron chi connectivity index (χ4n) is 3.20. The van der Waals surface area contributed by atoms with Crippen LogP contribution in [0.25, 0.3) is 11.0 Å². The Labute approximate surface area is 153 Å². The highest BCUT2D eigenvalue weighted by atomic mass is 16.6. The average Bonchev–Trinajstić information content (AvgIpc) is 2.58. The van der Waals surface area contributed by atoms with Crippen molar-refractivity contribution in [3.05, 3.63) is 24.3 Å². The summed E-state index contributed by atoms with van der Waals surface area (Å²) in [4.78, 5) is 23.2. The summed E-state index contributed by atoms with van der Waals surface area (Å²) < 4.78 is 5.30. The number of carbonyl (C=O) groups is 1. The number of para-hydroxylation sites is 2. The number of rotatable bonds is 3. The summed E-state index contributed by atoms with van der Waals surface area (Å²) in [5.41, 5.74) is 7.30. The van der Waals surface area contributed by atoms with Gasteiger partial charge in [0.05, 0.1) is 11.0 Å². The minimum Gasteiger partial charge on any atom is -0.444 e. The molecule has 0 bridgehead atoms. The Morgan fingerprint density at radius 2 is 2.00 bits per heavy atom. The Bertz CT molecular complexity index is 787. The molecule has 3 N–H and O–H groups in total. The third-order valence-electron chi connectivity index (χ3n) is 4.33. The van der Waals surface area contributed by atoms with Crippen molar-refractivity contribution in [2.24, 2.45) is 5.92 Å². The summed E-state index contributed by atoms with van der Waals surface area (Å²) in [6.45, 7) is 7.82. The van der Waals surface area contributed by atoms with E-state index in [0.717, 1.165) is 42.8 Å². The second kappa shape index (κ2) is 7.35. The highest BCUT2D eigenvalue weighted by Gasteiger charge is 2.24. The molecule has 0 spiro atoms. The van der Waals surface area contributed by atoms with Crippen LogP contribution >= 0.6 is 0 Å². The first kappa shape index (κ1) is 18.2. The lowest BCUT2D eigenvalue weighted by Crippen LogP contribution is -2.42. The van der Waals surface area contributed by atoms with E-state index in [-0.39, 0.29) is 6.09 Å². The van der Waals surface area contributed by atoms with Gasteiger partial charge in [0.15, 0.2) is 11.6 Å². The maximum Gasteiger partial charge on any atom is 0.407 e. The molecule has 0 radical (unpaired) electrons. The molecule has 140 valence electrons. The van der Waals surface area contributed by atoms with Gasteiger partial charge >= 0.3 is 6.09 Å². The van der Waals surface area contributed by atoms with Gasteiger partial charge in [-0.1, -0.05) is 12.1 Å². The smallest absolute Gasteiger partial charge is 0.407 e. The quantitative estimate of drug-likeness (QED) is 0.877. The fraction of sp³-hybridized carbons (Fsp3) is 0.526. The predicted octanol–water partition coefficient (Wildman–Crippen LogP) is 2.95. The van der Waals surface area contributed by atoms with Crippen LogP contribution < -0.4 is 16.0 Å². The van der Waals surface area contributed by atoms with E-state index in [9.17, 15) is 4.79 Å². The Hall–Kier alpha value is -2.57. The predicted molar refractivity (Wildman–Crippen MR) is 103 cm³/mol. The third-order valence-corrected chi connectivity index (χ3v) is 4.33. The van der Waals surface area contributed by atoms with Crippen molar-refractivity contribution in [3.8, 4) is 0 Å². The zero-order chi connectivity index (χ0) is 18.7. The van der Waals surface area contributed by atoms with Gasteiger partial charge in [0.25, 0.3) is 0 Å². The van der Waals surface area contributed by atoms with E-state index < -0.39 is 5.60 Å². The minimum atomic E-state index is -0.488. The molecule has 7 nitrogen and oxygen atoms in total. The van der Waals surface area contributed by atoms with Crippen LogP contribution in [-0.2, 0) is 4.74 Å². The number of hydrogen-bond donors (Lipinski definition) is 2. The molecule has 1 aromatic heterocycles. The minimum absolute atomic E-state index is 0.323. The highest BCUT2D eigenvalue weighted by Crippen LogP contribution is 2.27. The van der Waals surface area contributed by atoms with E-state index >= 15 is 0 Å². The van der Waals surface area contributed by atoms with Gasteiger partial charge in [0.1, 0.15) is 5.60 Å². The molecular formula is C19H27N5O2. The van der Waals surface area contributed by atoms with Gasteiger partial charge < -0.3 is 20.7 Å². The van der Waals surface area contributed by atoms with Crippen molar-refractivity contribution in [3.63, 3.8) is 0 Å². The van der Waals surface area contributed by atoms with Crippen LogP contribution in [-0.4, -0.2) is 41.3 Å². The molecule has 1 aliphatic heterocycles. The summed E-state index contributed by atoms with van der Waals surface area (Å²) in [7, 11) is 0. The summed E-state index contributed by atoms with van der Waals surface area (Å²) >= 11 is 0. The number of aromatic nitrogens is 2. The number of nitrogens with two attached hydrogens (primary N) is 1. The molecule has 7 heteroatoms. The maximum absolute atomic E-state index is 11.9. The third kappa shape index (κ3) is 4.53. The number of piperidine rings is 1. The largest absolute Gasteiger partial charge is 0.444 e. The van der Waals surface area contributed by atoms with Crippen LogP contribution in [0.1, 0.15) is 33.6 Å². The second-order valence-corrected chi connectivity index (χ2v) is 7.76. The van der Waals surface area contributed by atoms with Gasteiger partial charge in [0, 0.05) is 19.6 Å². The van der Waals surface area contributed by atoms with E-state index in [0.29, 0.717) is 18.3 Å². The second-order valence-electron chi connectivity index (χ2n) is 7.76. The molecule has 1 fully saturated rings. The molecule has 0 unspecified atom stereocenters. The molecule has 1 amide bonds. The van der Waals surface area contributed by atoms with Gasteiger partial charge in [-0.05, 0) is 51.7 Å². The van der Waals surface area contributed by atoms with E-state index in [2.05, 4.69) is 15.2 Å². The molecule has 26 heavy (non-hydrogen) atoms. The van der Waals surface area contributed by atoms with Gasteiger partial charge in [-0.25, -0.2) is 14.8 Å². The van der Waals surface area contributed by atoms with Crippen LogP contribution in [0.15, 0.2) is 24.3 Å². The summed E-state index contributed by atoms with van der Waals surface area (Å²) in [5, 5.41) is 2.87. The Morgan fingerprint density at radius 3 is 2.69 bits per heavy atom. The number of carbonyl (C=O) groups excluding carboxylic acids is 1. The number of alkyl carbamates (subject to hydrolysis) is 1. The van der Waals surface area contributed by atoms with Crippen LogP contribution in [0.2, 0.25) is 0 Å². The topological polar surface area (TPSA) is 93.4 Å². The van der Waals surface area contributed by atoms with Crippen molar-refractivity contribution >= 4 is 28.8 Å². The first-order valence-electron chi connectivity index (χ1n) is 9.06. The number of nitrogens with one attached hydrogen (secondary N) is 1. The Kier molecular flexibility index (Phi) is 5.15. The van der Waals surface area contributed by atoms with E-state index in [4.69, 9.17) is 15.5 Å². The van der Waals surface area contributed by atoms with Crippen LogP contribution in [0.3, 0.4) is 0 Å². The fourth-order valence-corrected chi connectivity index (χ4v) is 3.20. The molecule has 2 heterocycles. The molecule has 2 aromatic rings. The zero-order valence-corrected chi connectivity index (χ0v) is 15.7. The summed E-state index contributed by atoms with van der Waals surface area (Å²) in [5.74, 6) is 1.50. The van der Waals surface area contributed by atoms with Gasteiger partial charge in [0.2, 0.25) is 0 Å². The molecule has 1 aromatic carbocycles. The standard InChI is InChI=1S/C19H27N5O2/c1-19(2,3)26-18(25)21-11-13-7-6-10-24(12-13)17-16(20)22-14-8-4-5-9-15(14)23-17/h4-5,8-9,13H,6-7,10-12H2,1-3H3,(H2,20,22)(H,21,25)/t13-/m1/s1. The first-order valence-corrected chi connectivity index (χ1v) is 9.06. The van der Waals surface area contributed by atoms with Crippen molar-refractivity contribution in [2.75, 3.05) is 30.3 Å². The van der Waals surface area contributed by atoms with Crippen molar-refractivity contribution in [2.45, 2.75) is 39.2 Å². The molecule has 0 saturated carbocycles. The Balaban J connectivity index is 1.65. The molecule has 3 rings (SSSR count). The van der Waals surface area contributed by atoms with E-state index in [1.165, 1.54) is 0 Å². The number of fused-ring (bicyclic) bond motifs is 1. The number of nitrogen functional groups attached to an aromatic ring is 1. The van der Waals surface area contributed by atoms with E-state index in [1.54, 1.807) is 0 Å². The number of hydrogen-bond acceptors (Lipinski definition) is 6. The lowest BCUT2D eigenvalue weighted by Gasteiger charge is -2.34. The lowest BCUT2D eigenvalue weighted by molar-refractivity contribution is 0.0517. The van der Waals surface area contributed by atoms with E-state index in [1.807, 2.05) is 45.0 Å². The van der Waals surface area contributed by atoms with Crippen LogP contribution in [0.4, 0.5) is 16.4 Å². The van der Waals surface area contributed by atoms with Gasteiger partial charge in [-0.3, -0.25) is 0 Å². The Morgan fingerprint density at radius 1 is 1.31 bits per heavy atom. The monoisotopic (exact) mass is 357 g/mol. The lowest BCUT2D eigenvalue weighted by atomic mass is 9.98. The SMILES string of the molecule is CC(C)(C)OC(=O)NC[C@H]1CCCN(c2nc3ccccc3nc2N)C1. The number of anilines is 2. The summed E-state index contributed by atoms with van der Waals surface area (Å²) in [6.07, 6.45) is 1.70. The van der Waals surface area contributed by atoms with Crippen molar-refractivity contribution < 1.29 is 9.53 Å².